The summed E-state index contributed by atoms with van der Waals surface area (Å²) in [7, 11) is 0. The number of aliphatic hydroxyl groups is 1. The summed E-state index contributed by atoms with van der Waals surface area (Å²) in [6, 6.07) is 7.00. The van der Waals surface area contributed by atoms with E-state index in [0.29, 0.717) is 5.56 Å². The van der Waals surface area contributed by atoms with E-state index in [1.807, 2.05) is 0 Å². The predicted octanol–water partition coefficient (Wildman–Crippen LogP) is 1.46. The molecule has 0 saturated heterocycles. The number of aryl methyl sites for hydroxylation is 1. The van der Waals surface area contributed by atoms with Gasteiger partial charge in [0.25, 0.3) is 5.69 Å². The highest BCUT2D eigenvalue weighted by molar-refractivity contribution is 6.39. The van der Waals surface area contributed by atoms with Gasteiger partial charge in [0, 0.05) is 17.8 Å². The van der Waals surface area contributed by atoms with Crippen LogP contribution in [0.1, 0.15) is 18.2 Å². The monoisotopic (exact) mass is 347 g/mol. The molecule has 2 rings (SSSR count). The Morgan fingerprint density at radius 1 is 1.32 bits per heavy atom. The minimum absolute atomic E-state index is 0.116. The molecule has 0 spiro atoms. The third kappa shape index (κ3) is 4.42. The number of non-ortho nitro benzene ring substituents is 1. The summed E-state index contributed by atoms with van der Waals surface area (Å²) in [6.07, 6.45) is 1.38. The molecule has 0 saturated carbocycles. The Kier molecular flexibility index (Phi) is 5.18. The molecule has 0 aliphatic heterocycles. The van der Waals surface area contributed by atoms with Crippen molar-refractivity contribution in [2.45, 2.75) is 19.4 Å². The van der Waals surface area contributed by atoms with Gasteiger partial charge in [0.1, 0.15) is 11.4 Å². The van der Waals surface area contributed by atoms with Crippen molar-refractivity contribution in [3.63, 3.8) is 0 Å². The third-order valence-electron chi connectivity index (χ3n) is 3.52. The number of benzene rings is 1. The van der Waals surface area contributed by atoms with Gasteiger partial charge in [0.05, 0.1) is 17.7 Å². The van der Waals surface area contributed by atoms with Crippen molar-refractivity contribution in [1.29, 1.82) is 0 Å². The lowest BCUT2D eigenvalue weighted by molar-refractivity contribution is -0.384. The number of anilines is 1. The standard InChI is InChI=1S/C16H17N3O6/c1-10-8-11(19(23)24)5-6-12(10)18-15(21)14(20)17-9-16(2,22)13-4-3-7-25-13/h3-8,22H,9H2,1-2H3,(H,17,20)(H,18,21). The number of nitro groups is 1. The number of nitro benzene ring substituents is 1. The van der Waals surface area contributed by atoms with Crippen molar-refractivity contribution in [1.82, 2.24) is 5.32 Å². The number of amides is 2. The van der Waals surface area contributed by atoms with Crippen molar-refractivity contribution in [3.05, 3.63) is 58.0 Å². The number of hydrogen-bond donors (Lipinski definition) is 3. The van der Waals surface area contributed by atoms with Crippen molar-refractivity contribution < 1.29 is 24.0 Å². The predicted molar refractivity (Wildman–Crippen MR) is 87.8 cm³/mol. The maximum absolute atomic E-state index is 11.9. The van der Waals surface area contributed by atoms with Crippen LogP contribution in [0.4, 0.5) is 11.4 Å². The fourth-order valence-corrected chi connectivity index (χ4v) is 2.09. The average molecular weight is 347 g/mol. The smallest absolute Gasteiger partial charge is 0.313 e. The molecule has 0 aliphatic carbocycles. The average Bonchev–Trinajstić information content (AvgIpc) is 3.09. The Morgan fingerprint density at radius 2 is 2.04 bits per heavy atom. The summed E-state index contributed by atoms with van der Waals surface area (Å²) in [5, 5.41) is 25.6. The highest BCUT2D eigenvalue weighted by atomic mass is 16.6. The fraction of sp³-hybridized carbons (Fsp3) is 0.250. The van der Waals surface area contributed by atoms with E-state index in [1.165, 1.54) is 31.4 Å². The van der Waals surface area contributed by atoms with Crippen LogP contribution in [0, 0.1) is 17.0 Å². The zero-order valence-corrected chi connectivity index (χ0v) is 13.6. The van der Waals surface area contributed by atoms with Gasteiger partial charge < -0.3 is 20.2 Å². The van der Waals surface area contributed by atoms with E-state index in [4.69, 9.17) is 4.42 Å². The van der Waals surface area contributed by atoms with Crippen LogP contribution in [0.25, 0.3) is 0 Å². The molecular formula is C16H17N3O6. The zero-order chi connectivity index (χ0) is 18.6. The molecule has 0 radical (unpaired) electrons. The number of nitrogens with zero attached hydrogens (tertiary/aromatic N) is 1. The Bertz CT molecular complexity index is 798. The Labute approximate surface area is 142 Å². The number of hydrogen-bond acceptors (Lipinski definition) is 6. The van der Waals surface area contributed by atoms with Crippen molar-refractivity contribution in [2.75, 3.05) is 11.9 Å². The molecule has 1 atom stereocenters. The van der Waals surface area contributed by atoms with Gasteiger partial charge in [-0.05, 0) is 37.6 Å². The van der Waals surface area contributed by atoms with Crippen molar-refractivity contribution in [3.8, 4) is 0 Å². The molecule has 1 unspecified atom stereocenters. The van der Waals surface area contributed by atoms with Gasteiger partial charge in [-0.25, -0.2) is 0 Å². The Hall–Kier alpha value is -3.20. The molecule has 2 amide bonds. The Morgan fingerprint density at radius 3 is 2.60 bits per heavy atom. The first-order chi connectivity index (χ1) is 11.7. The van der Waals surface area contributed by atoms with Crippen molar-refractivity contribution in [2.24, 2.45) is 0 Å². The maximum Gasteiger partial charge on any atom is 0.313 e. The lowest BCUT2D eigenvalue weighted by atomic mass is 10.0. The van der Waals surface area contributed by atoms with E-state index in [1.54, 1.807) is 19.1 Å². The van der Waals surface area contributed by atoms with Crippen LogP contribution < -0.4 is 10.6 Å². The molecule has 2 aromatic rings. The number of carbonyl (C=O) groups excluding carboxylic acids is 2. The lowest BCUT2D eigenvalue weighted by Crippen LogP contribution is -2.43. The molecule has 1 aromatic carbocycles. The molecule has 25 heavy (non-hydrogen) atoms. The molecule has 1 heterocycles. The normalized spacial score (nSPS) is 12.9. The highest BCUT2D eigenvalue weighted by Crippen LogP contribution is 2.21. The van der Waals surface area contributed by atoms with Crippen LogP contribution in [0.2, 0.25) is 0 Å². The van der Waals surface area contributed by atoms with Crippen molar-refractivity contribution >= 4 is 23.2 Å². The van der Waals surface area contributed by atoms with E-state index in [-0.39, 0.29) is 23.7 Å². The first-order valence-corrected chi connectivity index (χ1v) is 7.31. The van der Waals surface area contributed by atoms with Gasteiger partial charge in [-0.2, -0.15) is 0 Å². The van der Waals surface area contributed by atoms with Gasteiger partial charge in [-0.1, -0.05) is 0 Å². The summed E-state index contributed by atoms with van der Waals surface area (Å²) < 4.78 is 5.08. The van der Waals surface area contributed by atoms with Crippen LogP contribution >= 0.6 is 0 Å². The zero-order valence-electron chi connectivity index (χ0n) is 13.6. The molecule has 0 bridgehead atoms. The van der Waals surface area contributed by atoms with Crippen LogP contribution in [-0.2, 0) is 15.2 Å². The molecule has 0 aliphatic rings. The topological polar surface area (TPSA) is 135 Å². The molecule has 132 valence electrons. The van der Waals surface area contributed by atoms with Gasteiger partial charge in [0.2, 0.25) is 0 Å². The van der Waals surface area contributed by atoms with Crippen LogP contribution in [-0.4, -0.2) is 28.4 Å². The summed E-state index contributed by atoms with van der Waals surface area (Å²) in [6.45, 7) is 2.78. The number of nitrogens with one attached hydrogen (secondary N) is 2. The van der Waals surface area contributed by atoms with Crippen LogP contribution in [0.15, 0.2) is 41.0 Å². The van der Waals surface area contributed by atoms with E-state index in [2.05, 4.69) is 10.6 Å². The summed E-state index contributed by atoms with van der Waals surface area (Å²) in [5.41, 5.74) is -0.862. The third-order valence-corrected chi connectivity index (χ3v) is 3.52. The SMILES string of the molecule is Cc1cc([N+](=O)[O-])ccc1NC(=O)C(=O)NCC(C)(O)c1ccco1. The number of carbonyl (C=O) groups is 2. The van der Waals surface area contributed by atoms with E-state index in [9.17, 15) is 24.8 Å². The summed E-state index contributed by atoms with van der Waals surface area (Å²) in [4.78, 5) is 33.9. The molecule has 1 aromatic heterocycles. The summed E-state index contributed by atoms with van der Waals surface area (Å²) in [5.74, 6) is -1.66. The second-order valence-electron chi connectivity index (χ2n) is 5.64. The van der Waals surface area contributed by atoms with Gasteiger partial charge in [0.15, 0.2) is 0 Å². The maximum atomic E-state index is 11.9. The quantitative estimate of drug-likeness (QED) is 0.426. The second-order valence-corrected chi connectivity index (χ2v) is 5.64. The Balaban J connectivity index is 1.97. The van der Waals surface area contributed by atoms with Crippen LogP contribution in [0.5, 0.6) is 0 Å². The highest BCUT2D eigenvalue weighted by Gasteiger charge is 2.28. The van der Waals surface area contributed by atoms with Crippen LogP contribution in [0.3, 0.4) is 0 Å². The largest absolute Gasteiger partial charge is 0.466 e. The minimum Gasteiger partial charge on any atom is -0.466 e. The second kappa shape index (κ2) is 7.14. The van der Waals surface area contributed by atoms with Gasteiger partial charge in [-0.15, -0.1) is 0 Å². The molecule has 0 fully saturated rings. The number of rotatable bonds is 5. The van der Waals surface area contributed by atoms with E-state index < -0.39 is 22.3 Å². The lowest BCUT2D eigenvalue weighted by Gasteiger charge is -2.20. The molecule has 9 heteroatoms. The van der Waals surface area contributed by atoms with Gasteiger partial charge in [-0.3, -0.25) is 19.7 Å². The first kappa shape index (κ1) is 18.1. The molecule has 3 N–H and O–H groups in total. The van der Waals surface area contributed by atoms with E-state index >= 15 is 0 Å². The molecule has 9 nitrogen and oxygen atoms in total. The minimum atomic E-state index is -1.47. The first-order valence-electron chi connectivity index (χ1n) is 7.31. The number of furan rings is 1. The fourth-order valence-electron chi connectivity index (χ4n) is 2.09. The molecular weight excluding hydrogens is 330 g/mol. The van der Waals surface area contributed by atoms with Gasteiger partial charge >= 0.3 is 11.8 Å². The summed E-state index contributed by atoms with van der Waals surface area (Å²) >= 11 is 0. The van der Waals surface area contributed by atoms with E-state index in [0.717, 1.165) is 0 Å².